The summed E-state index contributed by atoms with van der Waals surface area (Å²) in [4.78, 5) is 13.0. The van der Waals surface area contributed by atoms with Gasteiger partial charge in [0.15, 0.2) is 0 Å². The first-order valence-electron chi connectivity index (χ1n) is 8.75. The van der Waals surface area contributed by atoms with Crippen LogP contribution in [0.4, 0.5) is 0 Å². The maximum Gasteiger partial charge on any atom is 0.241 e. The van der Waals surface area contributed by atoms with Gasteiger partial charge in [0.25, 0.3) is 0 Å². The Hall–Kier alpha value is -1.82. The SMILES string of the molecule is Cc1ccc(C(C)NC(=O)C2(C#N)CC3CCC2CC3)c(C)c1. The van der Waals surface area contributed by atoms with Crippen LogP contribution in [0.2, 0.25) is 0 Å². The fourth-order valence-corrected chi connectivity index (χ4v) is 4.66. The Morgan fingerprint density at radius 3 is 2.52 bits per heavy atom. The predicted octanol–water partition coefficient (Wildman–Crippen LogP) is 4.20. The molecule has 0 aliphatic heterocycles. The Kier molecular flexibility index (Phi) is 4.19. The third-order valence-electron chi connectivity index (χ3n) is 6.00. The summed E-state index contributed by atoms with van der Waals surface area (Å²) in [5, 5.41) is 12.9. The standard InChI is InChI=1S/C20H26N2O/c1-13-4-9-18(14(2)10-13)15(3)22-19(23)20(12-21)11-16-5-7-17(20)8-6-16/h4,9-10,15-17H,5-8,11H2,1-3H3,(H,22,23). The van der Waals surface area contributed by atoms with Gasteiger partial charge in [-0.25, -0.2) is 0 Å². The second kappa shape index (κ2) is 6.00. The van der Waals surface area contributed by atoms with Gasteiger partial charge >= 0.3 is 0 Å². The molecule has 3 saturated carbocycles. The Labute approximate surface area is 139 Å². The predicted molar refractivity (Wildman–Crippen MR) is 90.6 cm³/mol. The van der Waals surface area contributed by atoms with E-state index in [-0.39, 0.29) is 17.9 Å². The Morgan fingerprint density at radius 2 is 2.00 bits per heavy atom. The van der Waals surface area contributed by atoms with E-state index in [1.807, 2.05) is 6.92 Å². The first-order chi connectivity index (χ1) is 11.0. The van der Waals surface area contributed by atoms with Crippen molar-refractivity contribution in [2.75, 3.05) is 0 Å². The smallest absolute Gasteiger partial charge is 0.241 e. The van der Waals surface area contributed by atoms with Gasteiger partial charge in [-0.1, -0.05) is 36.6 Å². The molecule has 3 heteroatoms. The highest BCUT2D eigenvalue weighted by molar-refractivity contribution is 5.86. The number of carbonyl (C=O) groups is 1. The van der Waals surface area contributed by atoms with E-state index >= 15 is 0 Å². The van der Waals surface area contributed by atoms with Crippen molar-refractivity contribution in [1.82, 2.24) is 5.32 Å². The summed E-state index contributed by atoms with van der Waals surface area (Å²) >= 11 is 0. The van der Waals surface area contributed by atoms with Crippen molar-refractivity contribution < 1.29 is 4.79 Å². The Balaban J connectivity index is 1.79. The number of hydrogen-bond donors (Lipinski definition) is 1. The van der Waals surface area contributed by atoms with Crippen LogP contribution >= 0.6 is 0 Å². The van der Waals surface area contributed by atoms with Gasteiger partial charge in [0, 0.05) is 0 Å². The van der Waals surface area contributed by atoms with Crippen molar-refractivity contribution in [1.29, 1.82) is 5.26 Å². The molecular formula is C20H26N2O. The van der Waals surface area contributed by atoms with Gasteiger partial charge in [0.1, 0.15) is 5.41 Å². The van der Waals surface area contributed by atoms with Gasteiger partial charge in [-0.05, 0) is 63.0 Å². The lowest BCUT2D eigenvalue weighted by molar-refractivity contribution is -0.136. The van der Waals surface area contributed by atoms with Crippen LogP contribution < -0.4 is 5.32 Å². The van der Waals surface area contributed by atoms with Crippen LogP contribution in [-0.4, -0.2) is 5.91 Å². The van der Waals surface area contributed by atoms with Crippen molar-refractivity contribution in [3.63, 3.8) is 0 Å². The zero-order valence-electron chi connectivity index (χ0n) is 14.4. The molecule has 3 fully saturated rings. The maximum absolute atomic E-state index is 13.0. The highest BCUT2D eigenvalue weighted by Gasteiger charge is 2.53. The lowest BCUT2D eigenvalue weighted by Crippen LogP contribution is -2.51. The lowest BCUT2D eigenvalue weighted by atomic mass is 9.56. The largest absolute Gasteiger partial charge is 0.348 e. The first kappa shape index (κ1) is 16.1. The molecule has 2 atom stereocenters. The number of amides is 1. The molecule has 1 aromatic rings. The molecule has 0 spiro atoms. The minimum absolute atomic E-state index is 0.0538. The van der Waals surface area contributed by atoms with E-state index in [0.29, 0.717) is 5.92 Å². The number of nitrogens with zero attached hydrogens (tertiary/aromatic N) is 1. The van der Waals surface area contributed by atoms with Gasteiger partial charge in [0.2, 0.25) is 5.91 Å². The van der Waals surface area contributed by atoms with Crippen molar-refractivity contribution >= 4 is 5.91 Å². The molecule has 1 N–H and O–H groups in total. The third kappa shape index (κ3) is 2.76. The molecule has 3 aliphatic rings. The average Bonchev–Trinajstić information content (AvgIpc) is 2.55. The number of aryl methyl sites for hydroxylation is 2. The molecule has 1 amide bonds. The van der Waals surface area contributed by atoms with Crippen LogP contribution in [0, 0.1) is 42.4 Å². The van der Waals surface area contributed by atoms with E-state index < -0.39 is 5.41 Å². The fourth-order valence-electron chi connectivity index (χ4n) is 4.66. The molecule has 1 aromatic carbocycles. The quantitative estimate of drug-likeness (QED) is 0.909. The Bertz CT molecular complexity index is 652. The lowest BCUT2D eigenvalue weighted by Gasteiger charge is -2.46. The molecule has 3 nitrogen and oxygen atoms in total. The number of carbonyl (C=O) groups excluding carboxylic acids is 1. The topological polar surface area (TPSA) is 52.9 Å². The molecule has 0 heterocycles. The number of fused-ring (bicyclic) bond motifs is 3. The molecule has 2 unspecified atom stereocenters. The number of rotatable bonds is 3. The average molecular weight is 310 g/mol. The summed E-state index contributed by atoms with van der Waals surface area (Å²) in [6, 6.07) is 8.66. The van der Waals surface area contributed by atoms with Crippen LogP contribution in [0.3, 0.4) is 0 Å². The third-order valence-corrected chi connectivity index (χ3v) is 6.00. The van der Waals surface area contributed by atoms with Crippen LogP contribution in [0.15, 0.2) is 18.2 Å². The molecule has 0 aromatic heterocycles. The highest BCUT2D eigenvalue weighted by Crippen LogP contribution is 2.52. The van der Waals surface area contributed by atoms with Crippen LogP contribution in [0.1, 0.15) is 61.8 Å². The molecule has 122 valence electrons. The van der Waals surface area contributed by atoms with Gasteiger partial charge in [-0.15, -0.1) is 0 Å². The van der Waals surface area contributed by atoms with Crippen LogP contribution in [0.25, 0.3) is 0 Å². The molecule has 0 radical (unpaired) electrons. The summed E-state index contributed by atoms with van der Waals surface area (Å²) in [6.45, 7) is 6.17. The van der Waals surface area contributed by atoms with Crippen molar-refractivity contribution in [3.05, 3.63) is 34.9 Å². The van der Waals surface area contributed by atoms with Gasteiger partial charge < -0.3 is 5.32 Å². The molecule has 2 bridgehead atoms. The number of benzene rings is 1. The van der Waals surface area contributed by atoms with Gasteiger partial charge in [-0.3, -0.25) is 4.79 Å². The second-order valence-corrected chi connectivity index (χ2v) is 7.56. The van der Waals surface area contributed by atoms with Gasteiger partial charge in [0.05, 0.1) is 12.1 Å². The second-order valence-electron chi connectivity index (χ2n) is 7.56. The zero-order valence-corrected chi connectivity index (χ0v) is 14.4. The monoisotopic (exact) mass is 310 g/mol. The fraction of sp³-hybridized carbons (Fsp3) is 0.600. The minimum atomic E-state index is -0.798. The van der Waals surface area contributed by atoms with E-state index in [1.165, 1.54) is 24.0 Å². The van der Waals surface area contributed by atoms with E-state index in [1.54, 1.807) is 0 Å². The molecule has 3 aliphatic carbocycles. The summed E-state index contributed by atoms with van der Waals surface area (Å²) in [7, 11) is 0. The molecule has 0 saturated heterocycles. The number of hydrogen-bond acceptors (Lipinski definition) is 2. The summed E-state index contributed by atoms with van der Waals surface area (Å²) in [5.41, 5.74) is 2.75. The van der Waals surface area contributed by atoms with Crippen LogP contribution in [0.5, 0.6) is 0 Å². The molecule has 23 heavy (non-hydrogen) atoms. The van der Waals surface area contributed by atoms with E-state index in [9.17, 15) is 10.1 Å². The Morgan fingerprint density at radius 1 is 1.30 bits per heavy atom. The van der Waals surface area contributed by atoms with Crippen molar-refractivity contribution in [2.24, 2.45) is 17.3 Å². The minimum Gasteiger partial charge on any atom is -0.348 e. The highest BCUT2D eigenvalue weighted by atomic mass is 16.2. The number of nitriles is 1. The summed E-state index contributed by atoms with van der Waals surface area (Å²) < 4.78 is 0. The summed E-state index contributed by atoms with van der Waals surface area (Å²) in [6.07, 6.45) is 5.19. The van der Waals surface area contributed by atoms with Crippen LogP contribution in [-0.2, 0) is 4.79 Å². The maximum atomic E-state index is 13.0. The first-order valence-corrected chi connectivity index (χ1v) is 8.75. The van der Waals surface area contributed by atoms with Crippen molar-refractivity contribution in [2.45, 2.75) is 58.9 Å². The van der Waals surface area contributed by atoms with Gasteiger partial charge in [-0.2, -0.15) is 5.26 Å². The van der Waals surface area contributed by atoms with E-state index in [0.717, 1.165) is 24.8 Å². The zero-order chi connectivity index (χ0) is 16.6. The van der Waals surface area contributed by atoms with E-state index in [4.69, 9.17) is 0 Å². The normalized spacial score (nSPS) is 30.5. The number of nitrogens with one attached hydrogen (secondary N) is 1. The molecule has 4 rings (SSSR count). The van der Waals surface area contributed by atoms with Crippen molar-refractivity contribution in [3.8, 4) is 6.07 Å². The summed E-state index contributed by atoms with van der Waals surface area (Å²) in [5.74, 6) is 0.743. The molecular weight excluding hydrogens is 284 g/mol. The van der Waals surface area contributed by atoms with E-state index in [2.05, 4.69) is 43.4 Å².